The summed E-state index contributed by atoms with van der Waals surface area (Å²) in [5.41, 5.74) is 1.24. The number of hydrogen-bond donors (Lipinski definition) is 0. The molecule has 0 bridgehead atoms. The summed E-state index contributed by atoms with van der Waals surface area (Å²) < 4.78 is 18.6. The van der Waals surface area contributed by atoms with Gasteiger partial charge >= 0.3 is 0 Å². The lowest BCUT2D eigenvalue weighted by Crippen LogP contribution is -2.43. The van der Waals surface area contributed by atoms with Crippen molar-refractivity contribution < 1.29 is 13.9 Å². The van der Waals surface area contributed by atoms with Crippen molar-refractivity contribution in [1.82, 2.24) is 9.88 Å². The van der Waals surface area contributed by atoms with Crippen molar-refractivity contribution in [2.24, 2.45) is 0 Å². The van der Waals surface area contributed by atoms with Gasteiger partial charge < -0.3 is 9.64 Å². The molecule has 2 heterocycles. The Labute approximate surface area is 155 Å². The highest BCUT2D eigenvalue weighted by Gasteiger charge is 2.27. The number of carbonyl (C=O) groups excluding carboxylic acids is 1. The van der Waals surface area contributed by atoms with E-state index in [2.05, 4.69) is 4.98 Å². The van der Waals surface area contributed by atoms with Gasteiger partial charge in [-0.3, -0.25) is 4.79 Å². The molecule has 1 aromatic carbocycles. The summed E-state index contributed by atoms with van der Waals surface area (Å²) in [4.78, 5) is 18.7. The number of rotatable bonds is 4. The Kier molecular flexibility index (Phi) is 5.89. The lowest BCUT2D eigenvalue weighted by molar-refractivity contribution is 0.0267. The lowest BCUT2D eigenvalue weighted by atomic mass is 10.0. The van der Waals surface area contributed by atoms with Crippen LogP contribution in [0.5, 0.6) is 0 Å². The predicted octanol–water partition coefficient (Wildman–Crippen LogP) is 4.35. The molecular weight excluding hydrogens is 366 g/mol. The Morgan fingerprint density at radius 3 is 2.36 bits per heavy atom. The van der Waals surface area contributed by atoms with Crippen LogP contribution in [0, 0.1) is 5.82 Å². The van der Waals surface area contributed by atoms with Crippen molar-refractivity contribution in [2.75, 3.05) is 13.2 Å². The molecule has 0 radical (unpaired) electrons. The molecule has 1 aliphatic heterocycles. The summed E-state index contributed by atoms with van der Waals surface area (Å²) >= 11 is 11.9. The average molecular weight is 383 g/mol. The summed E-state index contributed by atoms with van der Waals surface area (Å²) in [6, 6.07) is 9.20. The van der Waals surface area contributed by atoms with E-state index in [1.165, 1.54) is 24.3 Å². The highest BCUT2D eigenvalue weighted by Crippen LogP contribution is 2.23. The van der Waals surface area contributed by atoms with Crippen LogP contribution < -0.4 is 0 Å². The second-order valence-corrected chi connectivity index (χ2v) is 6.68. The van der Waals surface area contributed by atoms with Gasteiger partial charge in [0.15, 0.2) is 0 Å². The fourth-order valence-electron chi connectivity index (χ4n) is 2.90. The van der Waals surface area contributed by atoms with E-state index in [1.807, 2.05) is 0 Å². The number of halogens is 3. The number of hydrogen-bond acceptors (Lipinski definition) is 3. The third-order valence-corrected chi connectivity index (χ3v) is 4.56. The van der Waals surface area contributed by atoms with E-state index in [9.17, 15) is 9.18 Å². The number of aromatic nitrogens is 1. The van der Waals surface area contributed by atoms with Crippen LogP contribution >= 0.6 is 23.2 Å². The van der Waals surface area contributed by atoms with Crippen molar-refractivity contribution in [3.63, 3.8) is 0 Å². The molecule has 132 valence electrons. The molecule has 0 saturated carbocycles. The maximum atomic E-state index is 13.2. The Hall–Kier alpha value is -1.69. The Bertz CT molecular complexity index is 729. The third-order valence-electron chi connectivity index (χ3n) is 4.17. The molecule has 0 N–H and O–H groups in total. The quantitative estimate of drug-likeness (QED) is 0.738. The van der Waals surface area contributed by atoms with Gasteiger partial charge in [-0.25, -0.2) is 9.37 Å². The fourth-order valence-corrected chi connectivity index (χ4v) is 3.36. The van der Waals surface area contributed by atoms with Crippen molar-refractivity contribution in [1.29, 1.82) is 0 Å². The standard InChI is InChI=1S/C18H17Cl2FN2O2/c19-16-9-13(10-17(20)22-16)18(24)23(15-5-7-25-8-6-15)11-12-1-3-14(21)4-2-12/h1-4,9-10,15H,5-8,11H2. The molecule has 7 heteroatoms. The molecule has 1 saturated heterocycles. The Balaban J connectivity index is 1.89. The Morgan fingerprint density at radius 1 is 1.16 bits per heavy atom. The van der Waals surface area contributed by atoms with Crippen LogP contribution in [0.1, 0.15) is 28.8 Å². The van der Waals surface area contributed by atoms with Crippen molar-refractivity contribution in [3.05, 3.63) is 63.6 Å². The van der Waals surface area contributed by atoms with Crippen LogP contribution in [-0.4, -0.2) is 35.0 Å². The predicted molar refractivity (Wildman–Crippen MR) is 94.4 cm³/mol. The highest BCUT2D eigenvalue weighted by molar-refractivity contribution is 6.33. The van der Waals surface area contributed by atoms with E-state index in [0.717, 1.165) is 18.4 Å². The van der Waals surface area contributed by atoms with Crippen molar-refractivity contribution in [2.45, 2.75) is 25.4 Å². The summed E-state index contributed by atoms with van der Waals surface area (Å²) in [5.74, 6) is -0.484. The van der Waals surface area contributed by atoms with Crippen LogP contribution in [0.2, 0.25) is 10.3 Å². The summed E-state index contributed by atoms with van der Waals surface area (Å²) in [5, 5.41) is 0.342. The largest absolute Gasteiger partial charge is 0.381 e. The first-order valence-corrected chi connectivity index (χ1v) is 8.75. The minimum absolute atomic E-state index is 0.0389. The van der Waals surface area contributed by atoms with Crippen LogP contribution in [0.25, 0.3) is 0 Å². The van der Waals surface area contributed by atoms with Crippen LogP contribution in [0.4, 0.5) is 4.39 Å². The maximum absolute atomic E-state index is 13.2. The molecule has 25 heavy (non-hydrogen) atoms. The molecule has 1 aromatic heterocycles. The van der Waals surface area contributed by atoms with Crippen molar-refractivity contribution >= 4 is 29.1 Å². The molecule has 3 rings (SSSR count). The van der Waals surface area contributed by atoms with E-state index in [1.54, 1.807) is 17.0 Å². The second-order valence-electron chi connectivity index (χ2n) is 5.90. The minimum atomic E-state index is -0.305. The molecule has 1 aliphatic rings. The molecule has 0 spiro atoms. The maximum Gasteiger partial charge on any atom is 0.254 e. The van der Waals surface area contributed by atoms with Crippen LogP contribution in [-0.2, 0) is 11.3 Å². The van der Waals surface area contributed by atoms with Gasteiger partial charge in [-0.15, -0.1) is 0 Å². The van der Waals surface area contributed by atoms with E-state index in [-0.39, 0.29) is 28.1 Å². The first-order chi connectivity index (χ1) is 12.0. The smallest absolute Gasteiger partial charge is 0.254 e. The van der Waals surface area contributed by atoms with E-state index >= 15 is 0 Å². The van der Waals surface area contributed by atoms with Gasteiger partial charge in [-0.1, -0.05) is 35.3 Å². The number of pyridine rings is 1. The zero-order valence-corrected chi connectivity index (χ0v) is 14.9. The first-order valence-electron chi connectivity index (χ1n) is 7.99. The normalized spacial score (nSPS) is 15.2. The molecule has 0 atom stereocenters. The van der Waals surface area contributed by atoms with Gasteiger partial charge in [0.25, 0.3) is 5.91 Å². The van der Waals surface area contributed by atoms with Gasteiger partial charge in [-0.2, -0.15) is 0 Å². The van der Waals surface area contributed by atoms with Gasteiger partial charge in [0.1, 0.15) is 16.1 Å². The monoisotopic (exact) mass is 382 g/mol. The molecule has 1 fully saturated rings. The minimum Gasteiger partial charge on any atom is -0.381 e. The summed E-state index contributed by atoms with van der Waals surface area (Å²) in [7, 11) is 0. The number of benzene rings is 1. The summed E-state index contributed by atoms with van der Waals surface area (Å²) in [6.45, 7) is 1.59. The molecule has 4 nitrogen and oxygen atoms in total. The van der Waals surface area contributed by atoms with Gasteiger partial charge in [-0.05, 0) is 42.7 Å². The van der Waals surface area contributed by atoms with Gasteiger partial charge in [0.05, 0.1) is 0 Å². The summed E-state index contributed by atoms with van der Waals surface area (Å²) in [6.07, 6.45) is 1.50. The van der Waals surface area contributed by atoms with Crippen LogP contribution in [0.3, 0.4) is 0 Å². The average Bonchev–Trinajstić information content (AvgIpc) is 2.60. The SMILES string of the molecule is O=C(c1cc(Cl)nc(Cl)c1)N(Cc1ccc(F)cc1)C1CCOCC1. The van der Waals surface area contributed by atoms with Crippen LogP contribution in [0.15, 0.2) is 36.4 Å². The molecule has 2 aromatic rings. The molecule has 0 aliphatic carbocycles. The lowest BCUT2D eigenvalue weighted by Gasteiger charge is -2.34. The number of ether oxygens (including phenoxy) is 1. The topological polar surface area (TPSA) is 42.4 Å². The number of carbonyl (C=O) groups is 1. The highest BCUT2D eigenvalue weighted by atomic mass is 35.5. The molecular formula is C18H17Cl2FN2O2. The number of amides is 1. The van der Waals surface area contributed by atoms with E-state index < -0.39 is 0 Å². The zero-order valence-electron chi connectivity index (χ0n) is 13.4. The second kappa shape index (κ2) is 8.13. The first kappa shape index (κ1) is 18.1. The third kappa shape index (κ3) is 4.69. The Morgan fingerprint density at radius 2 is 1.76 bits per heavy atom. The van der Waals surface area contributed by atoms with E-state index in [4.69, 9.17) is 27.9 Å². The van der Waals surface area contributed by atoms with E-state index in [0.29, 0.717) is 25.3 Å². The fraction of sp³-hybridized carbons (Fsp3) is 0.333. The van der Waals surface area contributed by atoms with Crippen molar-refractivity contribution in [3.8, 4) is 0 Å². The van der Waals surface area contributed by atoms with Gasteiger partial charge in [0.2, 0.25) is 0 Å². The number of nitrogens with zero attached hydrogens (tertiary/aromatic N) is 2. The zero-order chi connectivity index (χ0) is 17.8. The van der Waals surface area contributed by atoms with Gasteiger partial charge in [0, 0.05) is 31.4 Å². The molecule has 1 amide bonds. The molecule has 0 unspecified atom stereocenters.